The summed E-state index contributed by atoms with van der Waals surface area (Å²) in [4.78, 5) is 0. The zero-order valence-electron chi connectivity index (χ0n) is 14.4. The minimum atomic E-state index is -0.162. The first-order valence-electron chi connectivity index (χ1n) is 8.39. The Bertz CT molecular complexity index is 550. The van der Waals surface area contributed by atoms with E-state index >= 15 is 0 Å². The van der Waals surface area contributed by atoms with E-state index in [0.29, 0.717) is 6.61 Å². The Labute approximate surface area is 133 Å². The predicted octanol–water partition coefficient (Wildman–Crippen LogP) is 3.70. The van der Waals surface area contributed by atoms with Gasteiger partial charge in [-0.05, 0) is 26.7 Å². The summed E-state index contributed by atoms with van der Waals surface area (Å²) in [5.74, 6) is 0. The molecule has 3 atom stereocenters. The number of allylic oxidation sites excluding steroid dienone is 1. The smallest absolute Gasteiger partial charge is 0.227 e. The van der Waals surface area contributed by atoms with Gasteiger partial charge in [-0.2, -0.15) is 0 Å². The lowest BCUT2D eigenvalue weighted by molar-refractivity contribution is -0.463. The highest BCUT2D eigenvalue weighted by atomic mass is 16.6. The maximum absolute atomic E-state index is 6.05. The molecule has 0 spiro atoms. The minimum absolute atomic E-state index is 0.0939. The number of nitrogens with zero attached hydrogens (tertiary/aromatic N) is 3. The van der Waals surface area contributed by atoms with E-state index < -0.39 is 0 Å². The maximum atomic E-state index is 6.05. The van der Waals surface area contributed by atoms with Crippen LogP contribution in [0.2, 0.25) is 0 Å². The van der Waals surface area contributed by atoms with Crippen LogP contribution in [0.3, 0.4) is 0 Å². The largest absolute Gasteiger partial charge is 0.374 e. The summed E-state index contributed by atoms with van der Waals surface area (Å²) >= 11 is 0. The lowest BCUT2D eigenvalue weighted by Crippen LogP contribution is -2.41. The fourth-order valence-corrected chi connectivity index (χ4v) is 3.75. The Morgan fingerprint density at radius 3 is 2.82 bits per heavy atom. The molecule has 0 radical (unpaired) electrons. The molecular weight excluding hydrogens is 278 g/mol. The van der Waals surface area contributed by atoms with E-state index in [1.807, 2.05) is 4.68 Å². The first-order chi connectivity index (χ1) is 10.4. The van der Waals surface area contributed by atoms with Crippen LogP contribution in [0, 0.1) is 10.8 Å². The minimum Gasteiger partial charge on any atom is -0.374 e. The average molecular weight is 306 g/mol. The van der Waals surface area contributed by atoms with Crippen LogP contribution in [0.1, 0.15) is 53.9 Å². The molecule has 3 aliphatic rings. The van der Waals surface area contributed by atoms with E-state index in [2.05, 4.69) is 57.4 Å². The quantitative estimate of drug-likeness (QED) is 0.743. The average Bonchev–Trinajstić information content (AvgIpc) is 3.17. The van der Waals surface area contributed by atoms with Crippen LogP contribution in [-0.2, 0) is 9.47 Å². The SMILES string of the molecule is CCC(C)(CC)C1=C[N+](=CC2(C)COC3(C)CCOC23)N=N1. The van der Waals surface area contributed by atoms with Gasteiger partial charge in [0.1, 0.15) is 17.5 Å². The van der Waals surface area contributed by atoms with E-state index in [-0.39, 0.29) is 22.5 Å². The molecule has 0 amide bonds. The standard InChI is InChI=1S/C17H28N3O2/c1-6-15(3,7-2)13-10-20(19-18-13)11-16(4)12-22-17(5)8-9-21-14(16)17/h10-11,14H,6-9,12H2,1-5H3/q+1. The monoisotopic (exact) mass is 306 g/mol. The van der Waals surface area contributed by atoms with E-state index in [4.69, 9.17) is 9.47 Å². The van der Waals surface area contributed by atoms with Crippen molar-refractivity contribution in [1.82, 2.24) is 0 Å². The van der Waals surface area contributed by atoms with E-state index in [0.717, 1.165) is 31.6 Å². The number of fused-ring (bicyclic) bond motifs is 1. The second kappa shape index (κ2) is 5.24. The maximum Gasteiger partial charge on any atom is 0.227 e. The molecule has 5 nitrogen and oxygen atoms in total. The fourth-order valence-electron chi connectivity index (χ4n) is 3.75. The van der Waals surface area contributed by atoms with Gasteiger partial charge in [-0.3, -0.25) is 0 Å². The Morgan fingerprint density at radius 2 is 2.14 bits per heavy atom. The van der Waals surface area contributed by atoms with Gasteiger partial charge >= 0.3 is 0 Å². The molecule has 2 saturated heterocycles. The van der Waals surface area contributed by atoms with Crippen molar-refractivity contribution < 1.29 is 14.2 Å². The second-order valence-electron chi connectivity index (χ2n) is 7.59. The Balaban J connectivity index is 1.85. The zero-order chi connectivity index (χ0) is 16.0. The predicted molar refractivity (Wildman–Crippen MR) is 84.8 cm³/mol. The van der Waals surface area contributed by atoms with Gasteiger partial charge in [0.2, 0.25) is 5.70 Å². The third kappa shape index (κ3) is 2.35. The van der Waals surface area contributed by atoms with Gasteiger partial charge in [-0.1, -0.05) is 20.8 Å². The van der Waals surface area contributed by atoms with Crippen LogP contribution < -0.4 is 0 Å². The normalized spacial score (nSPS) is 39.6. The first kappa shape index (κ1) is 15.8. The van der Waals surface area contributed by atoms with E-state index in [9.17, 15) is 0 Å². The second-order valence-corrected chi connectivity index (χ2v) is 7.59. The molecule has 0 bridgehead atoms. The highest BCUT2D eigenvalue weighted by Gasteiger charge is 2.58. The molecule has 22 heavy (non-hydrogen) atoms. The Morgan fingerprint density at radius 1 is 1.41 bits per heavy atom. The summed E-state index contributed by atoms with van der Waals surface area (Å²) < 4.78 is 13.9. The summed E-state index contributed by atoms with van der Waals surface area (Å²) in [6, 6.07) is 0. The molecule has 0 aromatic rings. The third-order valence-electron chi connectivity index (χ3n) is 5.87. The van der Waals surface area contributed by atoms with Crippen LogP contribution >= 0.6 is 0 Å². The summed E-state index contributed by atoms with van der Waals surface area (Å²) in [6.07, 6.45) is 7.36. The number of hydrogen-bond donors (Lipinski definition) is 0. The van der Waals surface area contributed by atoms with Gasteiger partial charge in [0.15, 0.2) is 6.20 Å². The van der Waals surface area contributed by atoms with Crippen molar-refractivity contribution in [2.75, 3.05) is 13.2 Å². The molecule has 3 aliphatic heterocycles. The van der Waals surface area contributed by atoms with Gasteiger partial charge in [-0.25, -0.2) is 0 Å². The Hall–Kier alpha value is -1.07. The summed E-state index contributed by atoms with van der Waals surface area (Å²) in [5.41, 5.74) is 0.838. The lowest BCUT2D eigenvalue weighted by Gasteiger charge is -2.26. The molecule has 0 saturated carbocycles. The van der Waals surface area contributed by atoms with Crippen molar-refractivity contribution in [3.05, 3.63) is 11.9 Å². The van der Waals surface area contributed by atoms with Gasteiger partial charge in [0.05, 0.1) is 22.7 Å². The van der Waals surface area contributed by atoms with Crippen LogP contribution in [0.15, 0.2) is 22.2 Å². The molecule has 0 N–H and O–H groups in total. The molecular formula is C17H28N3O2+. The van der Waals surface area contributed by atoms with Crippen LogP contribution in [0.25, 0.3) is 0 Å². The number of ether oxygens (including phenoxy) is 2. The zero-order valence-corrected chi connectivity index (χ0v) is 14.4. The molecule has 0 aliphatic carbocycles. The summed E-state index contributed by atoms with van der Waals surface area (Å²) in [5, 5.41) is 8.73. The van der Waals surface area contributed by atoms with Gasteiger partial charge in [0, 0.05) is 18.4 Å². The van der Waals surface area contributed by atoms with Crippen LogP contribution in [0.5, 0.6) is 0 Å². The summed E-state index contributed by atoms with van der Waals surface area (Å²) in [6.45, 7) is 12.4. The van der Waals surface area contributed by atoms with Crippen molar-refractivity contribution in [3.8, 4) is 0 Å². The van der Waals surface area contributed by atoms with Crippen molar-refractivity contribution in [3.63, 3.8) is 0 Å². The van der Waals surface area contributed by atoms with Gasteiger partial charge in [-0.15, -0.1) is 4.68 Å². The fraction of sp³-hybridized carbons (Fsp3) is 0.824. The molecule has 122 valence electrons. The van der Waals surface area contributed by atoms with Crippen molar-refractivity contribution >= 4 is 6.21 Å². The van der Waals surface area contributed by atoms with Crippen LogP contribution in [0.4, 0.5) is 0 Å². The Kier molecular flexibility index (Phi) is 3.76. The van der Waals surface area contributed by atoms with Crippen molar-refractivity contribution in [2.45, 2.75) is 65.6 Å². The molecule has 5 heteroatoms. The van der Waals surface area contributed by atoms with Crippen LogP contribution in [-0.4, -0.2) is 35.8 Å². The molecule has 3 heterocycles. The van der Waals surface area contributed by atoms with E-state index in [1.54, 1.807) is 0 Å². The highest BCUT2D eigenvalue weighted by molar-refractivity contribution is 5.63. The molecule has 0 aromatic carbocycles. The third-order valence-corrected chi connectivity index (χ3v) is 5.87. The lowest BCUT2D eigenvalue weighted by atomic mass is 9.81. The molecule has 3 unspecified atom stereocenters. The number of rotatable bonds is 4. The molecule has 2 fully saturated rings. The first-order valence-corrected chi connectivity index (χ1v) is 8.39. The van der Waals surface area contributed by atoms with E-state index in [1.165, 1.54) is 0 Å². The van der Waals surface area contributed by atoms with Crippen molar-refractivity contribution in [1.29, 1.82) is 0 Å². The topological polar surface area (TPSA) is 46.2 Å². The van der Waals surface area contributed by atoms with Gasteiger partial charge in [0.25, 0.3) is 0 Å². The number of hydrogen-bond acceptors (Lipinski definition) is 4. The molecule has 3 rings (SSSR count). The molecule has 0 aromatic heterocycles. The van der Waals surface area contributed by atoms with Crippen molar-refractivity contribution in [2.24, 2.45) is 21.2 Å². The highest BCUT2D eigenvalue weighted by Crippen LogP contribution is 2.46. The summed E-state index contributed by atoms with van der Waals surface area (Å²) in [7, 11) is 0. The van der Waals surface area contributed by atoms with Gasteiger partial charge < -0.3 is 9.47 Å².